The fourth-order valence-corrected chi connectivity index (χ4v) is 4.27. The van der Waals surface area contributed by atoms with Crippen molar-refractivity contribution < 1.29 is 4.74 Å². The SMILES string of the molecule is COc1ccc(Cc2c(Br)ccc3c4ccc(Br)cc4n(C)c23)cc1. The monoisotopic (exact) mass is 457 g/mol. The number of nitrogens with zero attached hydrogens (tertiary/aromatic N) is 1. The lowest BCUT2D eigenvalue weighted by atomic mass is 10.0. The van der Waals surface area contributed by atoms with Gasteiger partial charge in [-0.2, -0.15) is 0 Å². The highest BCUT2D eigenvalue weighted by Crippen LogP contribution is 2.36. The Kier molecular flexibility index (Phi) is 4.34. The molecule has 3 aromatic carbocycles. The molecule has 0 saturated heterocycles. The van der Waals surface area contributed by atoms with Gasteiger partial charge in [0, 0.05) is 38.7 Å². The van der Waals surface area contributed by atoms with Crippen molar-refractivity contribution in [1.29, 1.82) is 0 Å². The molecule has 0 amide bonds. The molecule has 0 spiro atoms. The van der Waals surface area contributed by atoms with Crippen molar-refractivity contribution in [3.8, 4) is 5.75 Å². The highest BCUT2D eigenvalue weighted by molar-refractivity contribution is 9.10. The quantitative estimate of drug-likeness (QED) is 0.343. The Morgan fingerprint density at radius 1 is 0.920 bits per heavy atom. The van der Waals surface area contributed by atoms with Crippen LogP contribution in [0.15, 0.2) is 63.5 Å². The third-order valence-corrected chi connectivity index (χ3v) is 5.95. The van der Waals surface area contributed by atoms with Gasteiger partial charge in [-0.25, -0.2) is 0 Å². The van der Waals surface area contributed by atoms with Gasteiger partial charge < -0.3 is 9.30 Å². The zero-order valence-corrected chi connectivity index (χ0v) is 17.2. The number of methoxy groups -OCH3 is 1. The summed E-state index contributed by atoms with van der Waals surface area (Å²) in [5.41, 5.74) is 5.08. The molecular formula is C21H17Br2NO. The molecule has 0 bridgehead atoms. The maximum absolute atomic E-state index is 5.27. The highest BCUT2D eigenvalue weighted by Gasteiger charge is 2.15. The lowest BCUT2D eigenvalue weighted by Crippen LogP contribution is -1.96. The Morgan fingerprint density at radius 2 is 1.64 bits per heavy atom. The van der Waals surface area contributed by atoms with E-state index in [1.54, 1.807) is 7.11 Å². The number of hydrogen-bond acceptors (Lipinski definition) is 1. The minimum absolute atomic E-state index is 0.868. The molecule has 1 heterocycles. The second-order valence-corrected chi connectivity index (χ2v) is 7.94. The van der Waals surface area contributed by atoms with Gasteiger partial charge in [-0.05, 0) is 41.5 Å². The van der Waals surface area contributed by atoms with Crippen molar-refractivity contribution in [2.45, 2.75) is 6.42 Å². The van der Waals surface area contributed by atoms with Crippen LogP contribution in [0.25, 0.3) is 21.8 Å². The zero-order chi connectivity index (χ0) is 17.6. The van der Waals surface area contributed by atoms with Gasteiger partial charge >= 0.3 is 0 Å². The molecule has 0 atom stereocenters. The maximum Gasteiger partial charge on any atom is 0.118 e. The summed E-state index contributed by atoms with van der Waals surface area (Å²) >= 11 is 7.35. The number of halogens is 2. The Bertz CT molecular complexity index is 1080. The highest BCUT2D eigenvalue weighted by atomic mass is 79.9. The Hall–Kier alpha value is -1.78. The summed E-state index contributed by atoms with van der Waals surface area (Å²) in [5.74, 6) is 0.885. The molecule has 126 valence electrons. The van der Waals surface area contributed by atoms with Gasteiger partial charge in [0.25, 0.3) is 0 Å². The van der Waals surface area contributed by atoms with Crippen LogP contribution in [0.1, 0.15) is 11.1 Å². The first-order chi connectivity index (χ1) is 12.1. The molecule has 0 saturated carbocycles. The number of aromatic nitrogens is 1. The normalized spacial score (nSPS) is 11.4. The van der Waals surface area contributed by atoms with E-state index in [0.717, 1.165) is 21.1 Å². The van der Waals surface area contributed by atoms with Crippen LogP contribution in [0.5, 0.6) is 5.75 Å². The zero-order valence-electron chi connectivity index (χ0n) is 14.0. The Balaban J connectivity index is 1.92. The van der Waals surface area contributed by atoms with Gasteiger partial charge in [-0.15, -0.1) is 0 Å². The molecule has 2 nitrogen and oxygen atoms in total. The van der Waals surface area contributed by atoms with Gasteiger partial charge in [0.2, 0.25) is 0 Å². The van der Waals surface area contributed by atoms with E-state index in [0.29, 0.717) is 0 Å². The third-order valence-electron chi connectivity index (χ3n) is 4.71. The van der Waals surface area contributed by atoms with Crippen molar-refractivity contribution in [3.05, 3.63) is 74.7 Å². The van der Waals surface area contributed by atoms with Crippen LogP contribution >= 0.6 is 31.9 Å². The average Bonchev–Trinajstić information content (AvgIpc) is 2.90. The second kappa shape index (κ2) is 6.50. The van der Waals surface area contributed by atoms with Crippen molar-refractivity contribution in [3.63, 3.8) is 0 Å². The van der Waals surface area contributed by atoms with Crippen LogP contribution in [0, 0.1) is 0 Å². The van der Waals surface area contributed by atoms with E-state index in [-0.39, 0.29) is 0 Å². The number of fused-ring (bicyclic) bond motifs is 3. The number of rotatable bonds is 3. The first kappa shape index (κ1) is 16.7. The molecule has 0 radical (unpaired) electrons. The summed E-state index contributed by atoms with van der Waals surface area (Å²) < 4.78 is 9.79. The molecule has 0 aliphatic rings. The summed E-state index contributed by atoms with van der Waals surface area (Å²) in [6, 6.07) is 19.1. The topological polar surface area (TPSA) is 14.2 Å². The van der Waals surface area contributed by atoms with E-state index in [2.05, 4.69) is 85.9 Å². The number of aryl methyl sites for hydroxylation is 1. The van der Waals surface area contributed by atoms with E-state index in [4.69, 9.17) is 4.74 Å². The molecular weight excluding hydrogens is 442 g/mol. The van der Waals surface area contributed by atoms with Gasteiger partial charge in [-0.3, -0.25) is 0 Å². The van der Waals surface area contributed by atoms with Crippen molar-refractivity contribution in [2.24, 2.45) is 7.05 Å². The van der Waals surface area contributed by atoms with Crippen molar-refractivity contribution in [1.82, 2.24) is 4.57 Å². The number of hydrogen-bond donors (Lipinski definition) is 0. The Morgan fingerprint density at radius 3 is 2.36 bits per heavy atom. The summed E-state index contributed by atoms with van der Waals surface area (Å²) in [6.45, 7) is 0. The van der Waals surface area contributed by atoms with Crippen LogP contribution in [-0.2, 0) is 13.5 Å². The van der Waals surface area contributed by atoms with Gasteiger partial charge in [-0.1, -0.05) is 56.1 Å². The average molecular weight is 459 g/mol. The molecule has 0 N–H and O–H groups in total. The molecule has 0 fully saturated rings. The number of ether oxygens (including phenoxy) is 1. The third kappa shape index (κ3) is 2.87. The molecule has 0 aliphatic heterocycles. The van der Waals surface area contributed by atoms with Crippen LogP contribution in [0.2, 0.25) is 0 Å². The second-order valence-electron chi connectivity index (χ2n) is 6.17. The van der Waals surface area contributed by atoms with E-state index in [9.17, 15) is 0 Å². The largest absolute Gasteiger partial charge is 0.497 e. The summed E-state index contributed by atoms with van der Waals surface area (Å²) in [6.07, 6.45) is 0.868. The van der Waals surface area contributed by atoms with E-state index in [1.165, 1.54) is 32.9 Å². The van der Waals surface area contributed by atoms with Gasteiger partial charge in [0.1, 0.15) is 5.75 Å². The molecule has 4 heteroatoms. The fourth-order valence-electron chi connectivity index (χ4n) is 3.46. The van der Waals surface area contributed by atoms with Gasteiger partial charge in [0.05, 0.1) is 12.6 Å². The van der Waals surface area contributed by atoms with Crippen LogP contribution in [0.3, 0.4) is 0 Å². The minimum Gasteiger partial charge on any atom is -0.497 e. The predicted octanol–water partition coefficient (Wildman–Crippen LogP) is 6.46. The molecule has 0 aliphatic carbocycles. The van der Waals surface area contributed by atoms with Crippen molar-refractivity contribution >= 4 is 53.7 Å². The summed E-state index contributed by atoms with van der Waals surface area (Å²) in [4.78, 5) is 0. The van der Waals surface area contributed by atoms with Crippen LogP contribution < -0.4 is 4.74 Å². The van der Waals surface area contributed by atoms with Gasteiger partial charge in [0.15, 0.2) is 0 Å². The van der Waals surface area contributed by atoms with E-state index < -0.39 is 0 Å². The molecule has 4 rings (SSSR count). The molecule has 1 aromatic heterocycles. The summed E-state index contributed by atoms with van der Waals surface area (Å²) in [7, 11) is 3.83. The lowest BCUT2D eigenvalue weighted by Gasteiger charge is -2.10. The smallest absolute Gasteiger partial charge is 0.118 e. The van der Waals surface area contributed by atoms with E-state index in [1.807, 2.05) is 12.1 Å². The predicted molar refractivity (Wildman–Crippen MR) is 112 cm³/mol. The lowest BCUT2D eigenvalue weighted by molar-refractivity contribution is 0.414. The minimum atomic E-state index is 0.868. The van der Waals surface area contributed by atoms with Crippen LogP contribution in [0.4, 0.5) is 0 Å². The number of benzene rings is 3. The standard InChI is InChI=1S/C21H17Br2NO/c1-24-20-12-14(22)5-8-16(20)17-9-10-19(23)18(21(17)24)11-13-3-6-15(25-2)7-4-13/h3-10,12H,11H2,1-2H3. The molecule has 25 heavy (non-hydrogen) atoms. The first-order valence-electron chi connectivity index (χ1n) is 8.06. The van der Waals surface area contributed by atoms with Crippen LogP contribution in [-0.4, -0.2) is 11.7 Å². The molecule has 0 unspecified atom stereocenters. The van der Waals surface area contributed by atoms with E-state index >= 15 is 0 Å². The van der Waals surface area contributed by atoms with Crippen molar-refractivity contribution in [2.75, 3.05) is 7.11 Å². The maximum atomic E-state index is 5.27. The summed E-state index contributed by atoms with van der Waals surface area (Å²) in [5, 5.41) is 2.57. The first-order valence-corrected chi connectivity index (χ1v) is 9.65. The fraction of sp³-hybridized carbons (Fsp3) is 0.143. The molecule has 4 aromatic rings. The Labute approximate surface area is 163 Å².